The van der Waals surface area contributed by atoms with Crippen LogP contribution in [0.4, 0.5) is 5.69 Å². The van der Waals surface area contributed by atoms with Gasteiger partial charge in [-0.2, -0.15) is 5.26 Å². The molecule has 29 heavy (non-hydrogen) atoms. The van der Waals surface area contributed by atoms with Crippen molar-refractivity contribution < 1.29 is 10.0 Å². The second-order valence-electron chi connectivity index (χ2n) is 7.20. The molecule has 0 unspecified atom stereocenters. The fourth-order valence-electron chi connectivity index (χ4n) is 3.78. The summed E-state index contributed by atoms with van der Waals surface area (Å²) in [4.78, 5) is 3.73. The Hall–Kier alpha value is -3.15. The molecule has 1 fully saturated rings. The number of hydrogen-bond donors (Lipinski definition) is 4. The first-order valence-electron chi connectivity index (χ1n) is 9.52. The van der Waals surface area contributed by atoms with Crippen molar-refractivity contribution in [3.63, 3.8) is 0 Å². The van der Waals surface area contributed by atoms with Crippen LogP contribution in [0.25, 0.3) is 11.1 Å². The van der Waals surface area contributed by atoms with Crippen LogP contribution in [-0.2, 0) is 0 Å². The molecule has 1 aliphatic heterocycles. The number of para-hydroxylation sites is 1. The fourth-order valence-corrected chi connectivity index (χ4v) is 3.78. The average Bonchev–Trinajstić information content (AvgIpc) is 2.77. The lowest BCUT2D eigenvalue weighted by molar-refractivity contribution is 0.426. The number of rotatable bonds is 5. The molecule has 7 nitrogen and oxygen atoms in total. The molecule has 1 saturated heterocycles. The lowest BCUT2D eigenvalue weighted by Gasteiger charge is -2.36. The Balaban J connectivity index is 1.89. The van der Waals surface area contributed by atoms with E-state index < -0.39 is 7.12 Å². The van der Waals surface area contributed by atoms with Gasteiger partial charge in [0.05, 0.1) is 17.6 Å². The fraction of sp³-hybridized carbons (Fsp3) is 0.286. The zero-order chi connectivity index (χ0) is 21.0. The van der Waals surface area contributed by atoms with Gasteiger partial charge in [0.2, 0.25) is 0 Å². The molecule has 8 heteroatoms. The van der Waals surface area contributed by atoms with E-state index in [0.717, 1.165) is 49.1 Å². The van der Waals surface area contributed by atoms with Crippen LogP contribution in [0.2, 0.25) is 0 Å². The summed E-state index contributed by atoms with van der Waals surface area (Å²) >= 11 is 0. The van der Waals surface area contributed by atoms with Crippen molar-refractivity contribution in [2.45, 2.75) is 12.8 Å². The number of hydrogen-bond acceptors (Lipinski definition) is 6. The highest BCUT2D eigenvalue weighted by molar-refractivity contribution is 6.58. The number of amidine groups is 1. The van der Waals surface area contributed by atoms with Crippen LogP contribution in [0.15, 0.2) is 42.5 Å². The predicted octanol–water partition coefficient (Wildman–Crippen LogP) is 1.64. The molecule has 148 valence electrons. The van der Waals surface area contributed by atoms with Crippen LogP contribution in [0.3, 0.4) is 0 Å². The highest BCUT2D eigenvalue weighted by Crippen LogP contribution is 2.36. The van der Waals surface area contributed by atoms with Crippen molar-refractivity contribution in [2.75, 3.05) is 25.0 Å². The molecule has 4 N–H and O–H groups in total. The Morgan fingerprint density at radius 3 is 2.41 bits per heavy atom. The number of piperidine rings is 1. The molecule has 0 radical (unpaired) electrons. The molecular formula is C21H24BN5O2. The second kappa shape index (κ2) is 8.90. The van der Waals surface area contributed by atoms with E-state index in [-0.39, 0.29) is 5.92 Å². The maximum absolute atomic E-state index is 9.67. The lowest BCUT2D eigenvalue weighted by Crippen LogP contribution is -2.41. The van der Waals surface area contributed by atoms with Crippen LogP contribution in [-0.4, -0.2) is 54.4 Å². The zero-order valence-corrected chi connectivity index (χ0v) is 16.3. The van der Waals surface area contributed by atoms with E-state index in [0.29, 0.717) is 16.9 Å². The summed E-state index contributed by atoms with van der Waals surface area (Å²) in [6, 6.07) is 14.9. The molecule has 0 amide bonds. The molecule has 0 bridgehead atoms. The molecule has 2 aromatic carbocycles. The minimum atomic E-state index is -1.51. The zero-order valence-electron chi connectivity index (χ0n) is 16.3. The van der Waals surface area contributed by atoms with Gasteiger partial charge >= 0.3 is 7.12 Å². The van der Waals surface area contributed by atoms with Crippen LogP contribution in [0, 0.1) is 28.1 Å². The number of benzene rings is 2. The molecular weight excluding hydrogens is 365 g/mol. The van der Waals surface area contributed by atoms with Gasteiger partial charge in [-0.05, 0) is 29.9 Å². The van der Waals surface area contributed by atoms with Gasteiger partial charge in [-0.25, -0.2) is 0 Å². The van der Waals surface area contributed by atoms with E-state index in [2.05, 4.69) is 11.0 Å². The molecule has 0 aliphatic carbocycles. The molecule has 0 atom stereocenters. The van der Waals surface area contributed by atoms with Crippen LogP contribution < -0.4 is 10.4 Å². The summed E-state index contributed by atoms with van der Waals surface area (Å²) < 4.78 is 0. The van der Waals surface area contributed by atoms with Gasteiger partial charge in [0, 0.05) is 31.6 Å². The molecule has 0 spiro atoms. The first kappa shape index (κ1) is 20.6. The molecule has 1 heterocycles. The molecule has 3 rings (SSSR count). The normalized spacial score (nSPS) is 14.2. The van der Waals surface area contributed by atoms with E-state index in [4.69, 9.17) is 10.8 Å². The van der Waals surface area contributed by atoms with E-state index in [1.807, 2.05) is 30.3 Å². The summed E-state index contributed by atoms with van der Waals surface area (Å²) in [5, 5.41) is 43.9. The molecule has 1 aliphatic rings. The van der Waals surface area contributed by atoms with Gasteiger partial charge in [-0.3, -0.25) is 10.8 Å². The van der Waals surface area contributed by atoms with Crippen molar-refractivity contribution in [1.82, 2.24) is 4.90 Å². The first-order valence-corrected chi connectivity index (χ1v) is 9.52. The predicted molar refractivity (Wildman–Crippen MR) is 116 cm³/mol. The van der Waals surface area contributed by atoms with Gasteiger partial charge in [0.25, 0.3) is 0 Å². The Labute approximate surface area is 171 Å². The summed E-state index contributed by atoms with van der Waals surface area (Å²) in [6.45, 7) is 1.44. The van der Waals surface area contributed by atoms with Gasteiger partial charge in [-0.1, -0.05) is 36.4 Å². The number of nitrogens with zero attached hydrogens (tertiary/aromatic N) is 3. The van der Waals surface area contributed by atoms with Gasteiger partial charge in [0.15, 0.2) is 0 Å². The highest BCUT2D eigenvalue weighted by atomic mass is 16.4. The van der Waals surface area contributed by atoms with E-state index in [1.54, 1.807) is 19.2 Å². The van der Waals surface area contributed by atoms with Crippen molar-refractivity contribution >= 4 is 30.4 Å². The lowest BCUT2D eigenvalue weighted by atomic mass is 9.79. The third-order valence-corrected chi connectivity index (χ3v) is 5.45. The maximum atomic E-state index is 9.67. The summed E-state index contributed by atoms with van der Waals surface area (Å²) in [6.07, 6.45) is 2.72. The Morgan fingerprint density at radius 2 is 1.86 bits per heavy atom. The van der Waals surface area contributed by atoms with Crippen LogP contribution >= 0.6 is 0 Å². The Morgan fingerprint density at radius 1 is 1.21 bits per heavy atom. The summed E-state index contributed by atoms with van der Waals surface area (Å²) in [7, 11) is 0.208. The average molecular weight is 389 g/mol. The largest absolute Gasteiger partial charge is 0.488 e. The number of nitriles is 1. The molecule has 0 aromatic heterocycles. The number of anilines is 1. The van der Waals surface area contributed by atoms with Crippen molar-refractivity contribution in [2.24, 2.45) is 5.92 Å². The van der Waals surface area contributed by atoms with Gasteiger partial charge < -0.3 is 19.8 Å². The van der Waals surface area contributed by atoms with E-state index >= 15 is 0 Å². The Bertz CT molecular complexity index is 931. The second-order valence-corrected chi connectivity index (χ2v) is 7.20. The quantitative estimate of drug-likeness (QED) is 0.352. The van der Waals surface area contributed by atoms with Gasteiger partial charge in [0.1, 0.15) is 11.9 Å². The van der Waals surface area contributed by atoms with E-state index in [9.17, 15) is 15.3 Å². The minimum absolute atomic E-state index is 0.0980. The van der Waals surface area contributed by atoms with Gasteiger partial charge in [-0.15, -0.1) is 0 Å². The Kier molecular flexibility index (Phi) is 6.32. The minimum Gasteiger partial charge on any atom is -0.423 e. The van der Waals surface area contributed by atoms with Crippen LogP contribution in [0.5, 0.6) is 0 Å². The van der Waals surface area contributed by atoms with Crippen LogP contribution in [0.1, 0.15) is 18.4 Å². The van der Waals surface area contributed by atoms with Crippen molar-refractivity contribution in [1.29, 1.82) is 16.1 Å². The summed E-state index contributed by atoms with van der Waals surface area (Å²) in [5.74, 6) is 0.549. The van der Waals surface area contributed by atoms with E-state index in [1.165, 1.54) is 4.90 Å². The summed E-state index contributed by atoms with van der Waals surface area (Å²) in [5.41, 5.74) is 3.71. The third kappa shape index (κ3) is 4.31. The van der Waals surface area contributed by atoms with Crippen molar-refractivity contribution in [3.8, 4) is 17.2 Å². The van der Waals surface area contributed by atoms with Crippen molar-refractivity contribution in [3.05, 3.63) is 48.0 Å². The molecule has 2 aromatic rings. The molecule has 0 saturated carbocycles. The highest BCUT2D eigenvalue weighted by Gasteiger charge is 2.27. The SMILES string of the molecule is CN(C=N)C(=N)C1CCN(c2c(C#N)cccc2-c2ccc(B(O)O)cc2)CC1. The monoisotopic (exact) mass is 389 g/mol. The topological polar surface area (TPSA) is 118 Å². The smallest absolute Gasteiger partial charge is 0.423 e. The number of nitrogens with one attached hydrogen (secondary N) is 2. The first-order chi connectivity index (χ1) is 14.0. The standard InChI is InChI=1S/C21H24BN5O2/c1-26(14-24)21(25)16-9-11-27(12-10-16)20-17(13-23)3-2-4-19(20)15-5-7-18(8-6-15)22(28)29/h2-8,14,16,24-25,28-29H,9-12H2,1H3. The maximum Gasteiger partial charge on any atom is 0.488 e. The third-order valence-electron chi connectivity index (χ3n) is 5.45.